The van der Waals surface area contributed by atoms with Gasteiger partial charge in [0, 0.05) is 25.2 Å². The highest BCUT2D eigenvalue weighted by Crippen LogP contribution is 2.27. The number of rotatable bonds is 4. The predicted molar refractivity (Wildman–Crippen MR) is 50.3 cm³/mol. The molecule has 2 saturated carbocycles. The summed E-state index contributed by atoms with van der Waals surface area (Å²) in [5.41, 5.74) is 5.46. The Morgan fingerprint density at radius 3 is 2.54 bits per heavy atom. The molecule has 0 bridgehead atoms. The van der Waals surface area contributed by atoms with Crippen LogP contribution < -0.4 is 11.1 Å². The normalized spacial score (nSPS) is 21.3. The predicted octanol–water partition coefficient (Wildman–Crippen LogP) is 0.281. The molecule has 3 N–H and O–H groups in total. The molecule has 2 amide bonds. The van der Waals surface area contributed by atoms with Crippen LogP contribution in [0.3, 0.4) is 0 Å². The Morgan fingerprint density at radius 1 is 1.38 bits per heavy atom. The van der Waals surface area contributed by atoms with Gasteiger partial charge in [0.25, 0.3) is 0 Å². The SMILES string of the molecule is NCCN(C(=O)NC1CC1)C1CC1. The minimum Gasteiger partial charge on any atom is -0.335 e. The molecule has 0 aromatic heterocycles. The molecule has 0 spiro atoms. The highest BCUT2D eigenvalue weighted by Gasteiger charge is 2.34. The Bertz CT molecular complexity index is 199. The molecule has 0 aliphatic heterocycles. The van der Waals surface area contributed by atoms with Crippen molar-refractivity contribution < 1.29 is 4.79 Å². The van der Waals surface area contributed by atoms with Crippen LogP contribution in [-0.2, 0) is 0 Å². The summed E-state index contributed by atoms with van der Waals surface area (Å²) < 4.78 is 0. The molecule has 2 fully saturated rings. The van der Waals surface area contributed by atoms with Gasteiger partial charge in [-0.1, -0.05) is 0 Å². The van der Waals surface area contributed by atoms with E-state index in [9.17, 15) is 4.79 Å². The van der Waals surface area contributed by atoms with Crippen molar-refractivity contribution in [1.29, 1.82) is 0 Å². The molecule has 2 aliphatic rings. The van der Waals surface area contributed by atoms with Crippen LogP contribution in [0, 0.1) is 0 Å². The summed E-state index contributed by atoms with van der Waals surface area (Å²) >= 11 is 0. The van der Waals surface area contributed by atoms with E-state index in [0.29, 0.717) is 25.2 Å². The molecule has 0 heterocycles. The lowest BCUT2D eigenvalue weighted by Gasteiger charge is -2.21. The van der Waals surface area contributed by atoms with Crippen LogP contribution in [0.4, 0.5) is 4.79 Å². The largest absolute Gasteiger partial charge is 0.335 e. The standard InChI is InChI=1S/C9H17N3O/c10-5-6-12(8-3-4-8)9(13)11-7-1-2-7/h7-8H,1-6,10H2,(H,11,13). The lowest BCUT2D eigenvalue weighted by molar-refractivity contribution is 0.196. The van der Waals surface area contributed by atoms with E-state index in [-0.39, 0.29) is 6.03 Å². The van der Waals surface area contributed by atoms with Gasteiger partial charge in [0.2, 0.25) is 0 Å². The van der Waals surface area contributed by atoms with Gasteiger partial charge in [-0.15, -0.1) is 0 Å². The monoisotopic (exact) mass is 183 g/mol. The maximum atomic E-state index is 11.6. The fourth-order valence-electron chi connectivity index (χ4n) is 1.46. The lowest BCUT2D eigenvalue weighted by atomic mass is 10.5. The zero-order valence-electron chi connectivity index (χ0n) is 7.83. The first kappa shape index (κ1) is 8.81. The average molecular weight is 183 g/mol. The van der Waals surface area contributed by atoms with Gasteiger partial charge in [0.05, 0.1) is 0 Å². The maximum Gasteiger partial charge on any atom is 0.317 e. The van der Waals surface area contributed by atoms with Gasteiger partial charge in [-0.05, 0) is 25.7 Å². The third kappa shape index (κ3) is 2.34. The average Bonchev–Trinajstić information content (AvgIpc) is 2.92. The minimum absolute atomic E-state index is 0.0930. The second kappa shape index (κ2) is 3.54. The molecule has 0 unspecified atom stereocenters. The Kier molecular flexibility index (Phi) is 2.40. The molecule has 2 aliphatic carbocycles. The number of nitrogens with one attached hydrogen (secondary N) is 1. The minimum atomic E-state index is 0.0930. The van der Waals surface area contributed by atoms with Crippen molar-refractivity contribution in [1.82, 2.24) is 10.2 Å². The molecular formula is C9H17N3O. The molecular weight excluding hydrogens is 166 g/mol. The van der Waals surface area contributed by atoms with Gasteiger partial charge in [0.15, 0.2) is 0 Å². The number of hydrogen-bond acceptors (Lipinski definition) is 2. The van der Waals surface area contributed by atoms with Crippen LogP contribution in [0.25, 0.3) is 0 Å². The number of hydrogen-bond donors (Lipinski definition) is 2. The molecule has 0 radical (unpaired) electrons. The van der Waals surface area contributed by atoms with Crippen molar-refractivity contribution in [3.63, 3.8) is 0 Å². The number of carbonyl (C=O) groups excluding carboxylic acids is 1. The maximum absolute atomic E-state index is 11.6. The van der Waals surface area contributed by atoms with Crippen LogP contribution >= 0.6 is 0 Å². The fraction of sp³-hybridized carbons (Fsp3) is 0.889. The quantitative estimate of drug-likeness (QED) is 0.657. The summed E-state index contributed by atoms with van der Waals surface area (Å²) in [6.45, 7) is 1.26. The van der Waals surface area contributed by atoms with E-state index in [2.05, 4.69) is 5.32 Å². The van der Waals surface area contributed by atoms with E-state index in [1.165, 1.54) is 0 Å². The summed E-state index contributed by atoms with van der Waals surface area (Å²) in [5, 5.41) is 2.99. The smallest absolute Gasteiger partial charge is 0.317 e. The van der Waals surface area contributed by atoms with Crippen molar-refractivity contribution >= 4 is 6.03 Å². The highest BCUT2D eigenvalue weighted by atomic mass is 16.2. The Hall–Kier alpha value is -0.770. The van der Waals surface area contributed by atoms with E-state index in [1.54, 1.807) is 0 Å². The van der Waals surface area contributed by atoms with Gasteiger partial charge in [-0.2, -0.15) is 0 Å². The highest BCUT2D eigenvalue weighted by molar-refractivity contribution is 5.75. The first-order valence-electron chi connectivity index (χ1n) is 5.08. The van der Waals surface area contributed by atoms with E-state index in [4.69, 9.17) is 5.73 Å². The Balaban J connectivity index is 1.81. The summed E-state index contributed by atoms with van der Waals surface area (Å²) in [5.74, 6) is 0. The Labute approximate surface area is 78.5 Å². The third-order valence-corrected chi connectivity index (χ3v) is 2.52. The number of carbonyl (C=O) groups is 1. The molecule has 13 heavy (non-hydrogen) atoms. The van der Waals surface area contributed by atoms with Crippen molar-refractivity contribution in [3.8, 4) is 0 Å². The fourth-order valence-corrected chi connectivity index (χ4v) is 1.46. The molecule has 74 valence electrons. The van der Waals surface area contributed by atoms with Crippen LogP contribution in [0.15, 0.2) is 0 Å². The van der Waals surface area contributed by atoms with Gasteiger partial charge >= 0.3 is 6.03 Å². The van der Waals surface area contributed by atoms with Gasteiger partial charge in [-0.25, -0.2) is 4.79 Å². The molecule has 0 aromatic carbocycles. The Morgan fingerprint density at radius 2 is 2.08 bits per heavy atom. The zero-order chi connectivity index (χ0) is 9.26. The second-order valence-corrected chi connectivity index (χ2v) is 3.94. The summed E-state index contributed by atoms with van der Waals surface area (Å²) in [4.78, 5) is 13.5. The van der Waals surface area contributed by atoms with E-state index < -0.39 is 0 Å². The third-order valence-electron chi connectivity index (χ3n) is 2.52. The number of nitrogens with two attached hydrogens (primary N) is 1. The van der Waals surface area contributed by atoms with E-state index in [1.807, 2.05) is 4.90 Å². The summed E-state index contributed by atoms with van der Waals surface area (Å²) in [7, 11) is 0. The second-order valence-electron chi connectivity index (χ2n) is 3.94. The van der Waals surface area contributed by atoms with Crippen molar-refractivity contribution in [2.75, 3.05) is 13.1 Å². The topological polar surface area (TPSA) is 58.4 Å². The van der Waals surface area contributed by atoms with E-state index in [0.717, 1.165) is 25.7 Å². The first-order chi connectivity index (χ1) is 6.31. The first-order valence-corrected chi connectivity index (χ1v) is 5.08. The number of urea groups is 1. The molecule has 0 aromatic rings. The van der Waals surface area contributed by atoms with Gasteiger partial charge < -0.3 is 16.0 Å². The van der Waals surface area contributed by atoms with Crippen molar-refractivity contribution in [2.45, 2.75) is 37.8 Å². The summed E-state index contributed by atoms with van der Waals surface area (Å²) in [6.07, 6.45) is 4.59. The van der Waals surface area contributed by atoms with Crippen molar-refractivity contribution in [2.24, 2.45) is 5.73 Å². The van der Waals surface area contributed by atoms with Gasteiger partial charge in [0.1, 0.15) is 0 Å². The van der Waals surface area contributed by atoms with Crippen molar-refractivity contribution in [3.05, 3.63) is 0 Å². The van der Waals surface area contributed by atoms with Crippen LogP contribution in [-0.4, -0.2) is 36.1 Å². The molecule has 4 heteroatoms. The molecule has 2 rings (SSSR count). The lowest BCUT2D eigenvalue weighted by Crippen LogP contribution is -2.44. The molecule has 4 nitrogen and oxygen atoms in total. The van der Waals surface area contributed by atoms with Crippen LogP contribution in [0.1, 0.15) is 25.7 Å². The number of amides is 2. The van der Waals surface area contributed by atoms with E-state index >= 15 is 0 Å². The summed E-state index contributed by atoms with van der Waals surface area (Å²) in [6, 6.07) is 1.02. The van der Waals surface area contributed by atoms with Gasteiger partial charge in [-0.3, -0.25) is 0 Å². The molecule has 0 atom stereocenters. The zero-order valence-corrected chi connectivity index (χ0v) is 7.83. The van der Waals surface area contributed by atoms with Crippen LogP contribution in [0.5, 0.6) is 0 Å². The molecule has 0 saturated heterocycles. The number of nitrogens with zero attached hydrogens (tertiary/aromatic N) is 1. The van der Waals surface area contributed by atoms with Crippen LogP contribution in [0.2, 0.25) is 0 Å².